The summed E-state index contributed by atoms with van der Waals surface area (Å²) < 4.78 is 0. The van der Waals surface area contributed by atoms with Crippen molar-refractivity contribution < 1.29 is 14.4 Å². The van der Waals surface area contributed by atoms with E-state index >= 15 is 0 Å². The molecule has 0 radical (unpaired) electrons. The normalized spacial score (nSPS) is 13.3. The Hall–Kier alpha value is -2.54. The van der Waals surface area contributed by atoms with Crippen molar-refractivity contribution in [3.05, 3.63) is 51.0 Å². The molecule has 2 aromatic rings. The van der Waals surface area contributed by atoms with E-state index in [1.165, 1.54) is 22.3 Å². The van der Waals surface area contributed by atoms with Gasteiger partial charge in [-0.15, -0.1) is 11.3 Å². The number of nitrogens with one attached hydrogen (secondary N) is 1. The van der Waals surface area contributed by atoms with Crippen LogP contribution >= 0.6 is 11.3 Å². The fourth-order valence-electron chi connectivity index (χ4n) is 2.71. The number of carbonyl (C=O) groups excluding carboxylic acids is 3. The first-order chi connectivity index (χ1) is 12.0. The summed E-state index contributed by atoms with van der Waals surface area (Å²) in [6, 6.07) is 4.66. The standard InChI is InChI=1S/C18H19N3O3S/c1-3-4-7-21-17(23)14-6-5-12(8-15(14)18(21)24)16(22)20-10-13-9-19-11(2)25-13/h5-6,8-9H,3-4,7,10H2,1-2H3,(H,20,22). The molecule has 1 aromatic heterocycles. The van der Waals surface area contributed by atoms with E-state index in [9.17, 15) is 14.4 Å². The molecule has 1 N–H and O–H groups in total. The second kappa shape index (κ2) is 7.14. The number of hydrogen-bond acceptors (Lipinski definition) is 5. The van der Waals surface area contributed by atoms with Crippen LogP contribution in [0.2, 0.25) is 0 Å². The SMILES string of the molecule is CCCCN1C(=O)c2ccc(C(=O)NCc3cnc(C)s3)cc2C1=O. The molecule has 3 rings (SSSR count). The van der Waals surface area contributed by atoms with Crippen LogP contribution in [0.15, 0.2) is 24.4 Å². The van der Waals surface area contributed by atoms with Crippen molar-refractivity contribution >= 4 is 29.1 Å². The molecule has 0 fully saturated rings. The second-order valence-corrected chi connectivity index (χ2v) is 7.22. The van der Waals surface area contributed by atoms with Crippen molar-refractivity contribution in [3.63, 3.8) is 0 Å². The van der Waals surface area contributed by atoms with Crippen LogP contribution in [0, 0.1) is 6.92 Å². The smallest absolute Gasteiger partial charge is 0.261 e. The topological polar surface area (TPSA) is 79.4 Å². The number of aryl methyl sites for hydroxylation is 1. The molecule has 1 aliphatic rings. The molecule has 0 spiro atoms. The van der Waals surface area contributed by atoms with Gasteiger partial charge in [-0.2, -0.15) is 0 Å². The number of imide groups is 1. The third kappa shape index (κ3) is 3.46. The van der Waals surface area contributed by atoms with Gasteiger partial charge in [0, 0.05) is 23.2 Å². The molecule has 0 saturated heterocycles. The molecule has 0 bridgehead atoms. The van der Waals surface area contributed by atoms with Gasteiger partial charge < -0.3 is 5.32 Å². The van der Waals surface area contributed by atoms with Gasteiger partial charge in [0.2, 0.25) is 0 Å². The van der Waals surface area contributed by atoms with Gasteiger partial charge in [-0.1, -0.05) is 13.3 Å². The molecule has 130 valence electrons. The largest absolute Gasteiger partial charge is 0.347 e. The van der Waals surface area contributed by atoms with E-state index < -0.39 is 0 Å². The molecule has 0 unspecified atom stereocenters. The molecule has 6 nitrogen and oxygen atoms in total. The zero-order valence-corrected chi connectivity index (χ0v) is 15.0. The van der Waals surface area contributed by atoms with Gasteiger partial charge in [0.1, 0.15) is 0 Å². The number of unbranched alkanes of at least 4 members (excludes halogenated alkanes) is 1. The van der Waals surface area contributed by atoms with Crippen LogP contribution in [0.3, 0.4) is 0 Å². The Bertz CT molecular complexity index is 844. The molecule has 0 saturated carbocycles. The summed E-state index contributed by atoms with van der Waals surface area (Å²) in [6.07, 6.45) is 3.40. The van der Waals surface area contributed by atoms with Crippen LogP contribution in [0.25, 0.3) is 0 Å². The van der Waals surface area contributed by atoms with E-state index in [0.717, 1.165) is 22.7 Å². The quantitative estimate of drug-likeness (QED) is 0.806. The van der Waals surface area contributed by atoms with Crippen LogP contribution in [0.4, 0.5) is 0 Å². The molecule has 2 heterocycles. The molecule has 25 heavy (non-hydrogen) atoms. The first kappa shape index (κ1) is 17.3. The van der Waals surface area contributed by atoms with E-state index in [1.54, 1.807) is 18.3 Å². The van der Waals surface area contributed by atoms with Crippen molar-refractivity contribution in [3.8, 4) is 0 Å². The molecule has 3 amide bonds. The first-order valence-corrected chi connectivity index (χ1v) is 9.02. The van der Waals surface area contributed by atoms with Gasteiger partial charge >= 0.3 is 0 Å². The van der Waals surface area contributed by atoms with E-state index in [4.69, 9.17) is 0 Å². The Balaban J connectivity index is 1.73. The summed E-state index contributed by atoms with van der Waals surface area (Å²) in [7, 11) is 0. The lowest BCUT2D eigenvalue weighted by molar-refractivity contribution is 0.0652. The number of thiazole rings is 1. The molecular weight excluding hydrogens is 338 g/mol. The van der Waals surface area contributed by atoms with Crippen molar-refractivity contribution in [1.82, 2.24) is 15.2 Å². The Kier molecular flexibility index (Phi) is 4.94. The van der Waals surface area contributed by atoms with Gasteiger partial charge in [-0.25, -0.2) is 4.98 Å². The van der Waals surface area contributed by atoms with Gasteiger partial charge in [-0.3, -0.25) is 19.3 Å². The van der Waals surface area contributed by atoms with Crippen LogP contribution in [-0.2, 0) is 6.54 Å². The molecular formula is C18H19N3O3S. The highest BCUT2D eigenvalue weighted by Crippen LogP contribution is 2.24. The van der Waals surface area contributed by atoms with Gasteiger partial charge in [0.05, 0.1) is 22.7 Å². The van der Waals surface area contributed by atoms with Gasteiger partial charge in [0.25, 0.3) is 17.7 Å². The number of aromatic nitrogens is 1. The zero-order chi connectivity index (χ0) is 18.0. The minimum absolute atomic E-state index is 0.277. The zero-order valence-electron chi connectivity index (χ0n) is 14.2. The minimum atomic E-state index is -0.318. The highest BCUT2D eigenvalue weighted by Gasteiger charge is 2.35. The number of fused-ring (bicyclic) bond motifs is 1. The van der Waals surface area contributed by atoms with Crippen LogP contribution in [-0.4, -0.2) is 34.2 Å². The van der Waals surface area contributed by atoms with Crippen LogP contribution < -0.4 is 5.32 Å². The molecule has 1 aromatic carbocycles. The summed E-state index contributed by atoms with van der Waals surface area (Å²) >= 11 is 1.52. The summed E-state index contributed by atoms with van der Waals surface area (Å²) in [6.45, 7) is 4.71. The summed E-state index contributed by atoms with van der Waals surface area (Å²) in [4.78, 5) is 43.4. The Morgan fingerprint density at radius 2 is 2.00 bits per heavy atom. The maximum absolute atomic E-state index is 12.4. The van der Waals surface area contributed by atoms with Gasteiger partial charge in [0.15, 0.2) is 0 Å². The summed E-state index contributed by atoms with van der Waals surface area (Å²) in [5, 5.41) is 3.76. The number of carbonyl (C=O) groups is 3. The lowest BCUT2D eigenvalue weighted by Crippen LogP contribution is -2.30. The molecule has 0 aliphatic carbocycles. The molecule has 7 heteroatoms. The highest BCUT2D eigenvalue weighted by atomic mass is 32.1. The average molecular weight is 357 g/mol. The summed E-state index contributed by atoms with van der Waals surface area (Å²) in [5.74, 6) is -0.872. The van der Waals surface area contributed by atoms with E-state index in [1.807, 2.05) is 13.8 Å². The van der Waals surface area contributed by atoms with Crippen molar-refractivity contribution in [1.29, 1.82) is 0 Å². The number of hydrogen-bond donors (Lipinski definition) is 1. The number of benzene rings is 1. The Morgan fingerprint density at radius 3 is 2.68 bits per heavy atom. The Labute approximate surface area is 149 Å². The van der Waals surface area contributed by atoms with E-state index in [2.05, 4.69) is 10.3 Å². The van der Waals surface area contributed by atoms with E-state index in [0.29, 0.717) is 29.8 Å². The fourth-order valence-corrected chi connectivity index (χ4v) is 3.44. The van der Waals surface area contributed by atoms with Crippen molar-refractivity contribution in [2.75, 3.05) is 6.54 Å². The van der Waals surface area contributed by atoms with Gasteiger partial charge in [-0.05, 0) is 31.5 Å². The van der Waals surface area contributed by atoms with Crippen molar-refractivity contribution in [2.24, 2.45) is 0 Å². The third-order valence-electron chi connectivity index (χ3n) is 4.06. The number of rotatable bonds is 6. The molecule has 0 atom stereocenters. The molecule has 1 aliphatic heterocycles. The lowest BCUT2D eigenvalue weighted by atomic mass is 10.1. The van der Waals surface area contributed by atoms with Crippen LogP contribution in [0.5, 0.6) is 0 Å². The maximum Gasteiger partial charge on any atom is 0.261 e. The Morgan fingerprint density at radius 1 is 1.24 bits per heavy atom. The van der Waals surface area contributed by atoms with E-state index in [-0.39, 0.29) is 17.7 Å². The minimum Gasteiger partial charge on any atom is -0.347 e. The summed E-state index contributed by atoms with van der Waals surface area (Å²) in [5.41, 5.74) is 1.05. The van der Waals surface area contributed by atoms with Crippen molar-refractivity contribution in [2.45, 2.75) is 33.2 Å². The number of amides is 3. The lowest BCUT2D eigenvalue weighted by Gasteiger charge is -2.12. The predicted molar refractivity (Wildman–Crippen MR) is 94.7 cm³/mol. The monoisotopic (exact) mass is 357 g/mol. The number of nitrogens with zero attached hydrogens (tertiary/aromatic N) is 2. The third-order valence-corrected chi connectivity index (χ3v) is 4.97. The highest BCUT2D eigenvalue weighted by molar-refractivity contribution is 7.11. The van der Waals surface area contributed by atoms with Crippen LogP contribution in [0.1, 0.15) is 60.7 Å². The second-order valence-electron chi connectivity index (χ2n) is 5.90. The predicted octanol–water partition coefficient (Wildman–Crippen LogP) is 2.78. The maximum atomic E-state index is 12.4. The average Bonchev–Trinajstić information content (AvgIpc) is 3.13. The first-order valence-electron chi connectivity index (χ1n) is 8.21. The fraction of sp³-hybridized carbons (Fsp3) is 0.333.